The maximum absolute atomic E-state index is 11.8. The van der Waals surface area contributed by atoms with Crippen LogP contribution in [0.2, 0.25) is 5.02 Å². The fourth-order valence-electron chi connectivity index (χ4n) is 1.49. The molecule has 1 rings (SSSR count). The lowest BCUT2D eigenvalue weighted by Crippen LogP contribution is -2.41. The maximum Gasteiger partial charge on any atom is 0.408 e. The van der Waals surface area contributed by atoms with E-state index < -0.39 is 17.7 Å². The average Bonchev–Trinajstić information content (AvgIpc) is 2.32. The van der Waals surface area contributed by atoms with Gasteiger partial charge in [-0.25, -0.2) is 4.79 Å². The summed E-state index contributed by atoms with van der Waals surface area (Å²) < 4.78 is 5.30. The van der Waals surface area contributed by atoms with Crippen molar-refractivity contribution in [2.75, 3.05) is 6.54 Å². The highest BCUT2D eigenvalue weighted by molar-refractivity contribution is 6.30. The molecule has 0 saturated carbocycles. The van der Waals surface area contributed by atoms with Gasteiger partial charge >= 0.3 is 6.09 Å². The third-order valence-corrected chi connectivity index (χ3v) is 2.49. The van der Waals surface area contributed by atoms with E-state index in [0.717, 1.165) is 0 Å². The molecule has 1 N–H and O–H groups in total. The van der Waals surface area contributed by atoms with Gasteiger partial charge in [0.1, 0.15) is 6.10 Å². The van der Waals surface area contributed by atoms with Gasteiger partial charge in [-0.05, 0) is 44.0 Å². The Hall–Kier alpha value is -1.91. The van der Waals surface area contributed by atoms with E-state index in [-0.39, 0.29) is 6.54 Å². The van der Waals surface area contributed by atoms with Crippen LogP contribution in [0.3, 0.4) is 0 Å². The number of ether oxygens (including phenoxy) is 1. The fraction of sp³-hybridized carbons (Fsp3) is 0.462. The minimum atomic E-state index is -0.674. The van der Waals surface area contributed by atoms with Gasteiger partial charge < -0.3 is 10.1 Å². The molecule has 0 bridgehead atoms. The van der Waals surface area contributed by atoms with Gasteiger partial charge in [0.2, 0.25) is 0 Å². The third kappa shape index (κ3) is 5.82. The normalized spacial score (nSPS) is 12.2. The minimum Gasteiger partial charge on any atom is -0.441 e. The second-order valence-corrected chi connectivity index (χ2v) is 5.67. The number of benzene rings is 1. The van der Waals surface area contributed by atoms with Gasteiger partial charge in [-0.15, -0.1) is 0 Å². The number of nitrogens with one attached hydrogen (secondary N) is 1. The number of alkyl carbamates (subject to hydrolysis) is 1. The van der Waals surface area contributed by atoms with E-state index in [2.05, 4.69) is 15.3 Å². The molecular formula is C13H17ClN4O2. The van der Waals surface area contributed by atoms with Crippen LogP contribution in [0, 0.1) is 0 Å². The Bertz CT molecular complexity index is 521. The third-order valence-electron chi connectivity index (χ3n) is 2.26. The number of carbonyl (C=O) groups excluding carboxylic acids is 1. The van der Waals surface area contributed by atoms with Gasteiger partial charge in [0, 0.05) is 15.5 Å². The van der Waals surface area contributed by atoms with Crippen LogP contribution >= 0.6 is 11.6 Å². The number of carbonyl (C=O) groups is 1. The first-order valence-corrected chi connectivity index (χ1v) is 6.45. The Kier molecular flexibility index (Phi) is 5.67. The zero-order chi connectivity index (χ0) is 15.2. The highest BCUT2D eigenvalue weighted by atomic mass is 35.5. The van der Waals surface area contributed by atoms with Crippen LogP contribution in [-0.2, 0) is 4.74 Å². The van der Waals surface area contributed by atoms with Crippen LogP contribution in [0.4, 0.5) is 4.79 Å². The first-order valence-electron chi connectivity index (χ1n) is 6.07. The van der Waals surface area contributed by atoms with E-state index in [0.29, 0.717) is 10.6 Å². The number of hydrogen-bond donors (Lipinski definition) is 1. The molecule has 0 aliphatic heterocycles. The molecule has 0 saturated heterocycles. The van der Waals surface area contributed by atoms with E-state index in [1.165, 1.54) is 0 Å². The molecule has 1 amide bonds. The van der Waals surface area contributed by atoms with Gasteiger partial charge in [-0.2, -0.15) is 0 Å². The van der Waals surface area contributed by atoms with Crippen LogP contribution in [0.5, 0.6) is 0 Å². The van der Waals surface area contributed by atoms with E-state index >= 15 is 0 Å². The highest BCUT2D eigenvalue weighted by Gasteiger charge is 2.20. The average molecular weight is 297 g/mol. The van der Waals surface area contributed by atoms with Gasteiger partial charge in [0.15, 0.2) is 0 Å². The SMILES string of the molecule is CC(C)(C)NC(=O)O[C@H](CN=[N+]=[N-])c1cccc(Cl)c1. The summed E-state index contributed by atoms with van der Waals surface area (Å²) in [6.07, 6.45) is -1.25. The van der Waals surface area contributed by atoms with Crippen molar-refractivity contribution in [3.8, 4) is 0 Å². The van der Waals surface area contributed by atoms with Crippen molar-refractivity contribution < 1.29 is 9.53 Å². The molecular weight excluding hydrogens is 280 g/mol. The van der Waals surface area contributed by atoms with Crippen LogP contribution in [-0.4, -0.2) is 18.2 Å². The lowest BCUT2D eigenvalue weighted by molar-refractivity contribution is 0.0950. The second-order valence-electron chi connectivity index (χ2n) is 5.24. The second kappa shape index (κ2) is 7.03. The van der Waals surface area contributed by atoms with Crippen LogP contribution in [0.25, 0.3) is 10.4 Å². The van der Waals surface area contributed by atoms with Crippen molar-refractivity contribution in [2.45, 2.75) is 32.4 Å². The van der Waals surface area contributed by atoms with Crippen LogP contribution < -0.4 is 5.32 Å². The molecule has 0 radical (unpaired) electrons. The number of amides is 1. The Morgan fingerprint density at radius 1 is 1.55 bits per heavy atom. The topological polar surface area (TPSA) is 87.1 Å². The standard InChI is InChI=1S/C13H17ClN4O2/c1-13(2,3)17-12(19)20-11(8-16-18-15)9-5-4-6-10(14)7-9/h4-7,11H,8H2,1-3H3,(H,17,19)/t11-/m1/s1. The number of rotatable bonds is 4. The summed E-state index contributed by atoms with van der Waals surface area (Å²) in [6, 6.07) is 6.88. The minimum absolute atomic E-state index is 0.00834. The van der Waals surface area contributed by atoms with Crippen molar-refractivity contribution in [3.05, 3.63) is 45.3 Å². The number of hydrogen-bond acceptors (Lipinski definition) is 3. The highest BCUT2D eigenvalue weighted by Crippen LogP contribution is 2.22. The van der Waals surface area contributed by atoms with Gasteiger partial charge in [-0.1, -0.05) is 28.8 Å². The van der Waals surface area contributed by atoms with E-state index in [4.69, 9.17) is 21.9 Å². The lowest BCUT2D eigenvalue weighted by Gasteiger charge is -2.23. The smallest absolute Gasteiger partial charge is 0.408 e. The summed E-state index contributed by atoms with van der Waals surface area (Å²) in [5.41, 5.74) is 8.68. The molecule has 1 aromatic rings. The predicted molar refractivity (Wildman–Crippen MR) is 77.6 cm³/mol. The summed E-state index contributed by atoms with van der Waals surface area (Å²) in [6.45, 7) is 5.54. The molecule has 0 spiro atoms. The van der Waals surface area contributed by atoms with Crippen LogP contribution in [0.15, 0.2) is 29.4 Å². The van der Waals surface area contributed by atoms with E-state index in [9.17, 15) is 4.79 Å². The summed E-state index contributed by atoms with van der Waals surface area (Å²) in [5.74, 6) is 0. The van der Waals surface area contributed by atoms with Gasteiger partial charge in [0.05, 0.1) is 6.54 Å². The molecule has 0 aliphatic rings. The monoisotopic (exact) mass is 296 g/mol. The van der Waals surface area contributed by atoms with Crippen molar-refractivity contribution >= 4 is 17.7 Å². The molecule has 1 aromatic carbocycles. The maximum atomic E-state index is 11.8. The van der Waals surface area contributed by atoms with Gasteiger partial charge in [0.25, 0.3) is 0 Å². The predicted octanol–water partition coefficient (Wildman–Crippen LogP) is 4.22. The quantitative estimate of drug-likeness (QED) is 0.512. The molecule has 6 nitrogen and oxygen atoms in total. The number of azide groups is 1. The first-order chi connectivity index (χ1) is 9.31. The Morgan fingerprint density at radius 2 is 2.25 bits per heavy atom. The Balaban J connectivity index is 2.85. The zero-order valence-corrected chi connectivity index (χ0v) is 12.4. The van der Waals surface area contributed by atoms with E-state index in [1.54, 1.807) is 24.3 Å². The van der Waals surface area contributed by atoms with Crippen molar-refractivity contribution in [2.24, 2.45) is 5.11 Å². The number of halogens is 1. The van der Waals surface area contributed by atoms with Gasteiger partial charge in [-0.3, -0.25) is 0 Å². The zero-order valence-electron chi connectivity index (χ0n) is 11.6. The molecule has 0 unspecified atom stereocenters. The van der Waals surface area contributed by atoms with E-state index in [1.807, 2.05) is 20.8 Å². The Labute approximate surface area is 122 Å². The summed E-state index contributed by atoms with van der Waals surface area (Å²) in [7, 11) is 0. The molecule has 0 aliphatic carbocycles. The molecule has 0 aromatic heterocycles. The molecule has 1 atom stereocenters. The summed E-state index contributed by atoms with van der Waals surface area (Å²) >= 11 is 5.91. The van der Waals surface area contributed by atoms with Crippen LogP contribution in [0.1, 0.15) is 32.4 Å². The van der Waals surface area contributed by atoms with Crippen molar-refractivity contribution in [3.63, 3.8) is 0 Å². The van der Waals surface area contributed by atoms with Crippen molar-refractivity contribution in [1.29, 1.82) is 0 Å². The first kappa shape index (κ1) is 16.1. The summed E-state index contributed by atoms with van der Waals surface area (Å²) in [5, 5.41) is 6.66. The summed E-state index contributed by atoms with van der Waals surface area (Å²) in [4.78, 5) is 14.5. The molecule has 108 valence electrons. The largest absolute Gasteiger partial charge is 0.441 e. The molecule has 0 heterocycles. The van der Waals surface area contributed by atoms with Crippen molar-refractivity contribution in [1.82, 2.24) is 5.32 Å². The molecule has 20 heavy (non-hydrogen) atoms. The fourth-order valence-corrected chi connectivity index (χ4v) is 1.69. The molecule has 0 fully saturated rings. The number of nitrogens with zero attached hydrogens (tertiary/aromatic N) is 3. The molecule has 7 heteroatoms. The Morgan fingerprint density at radius 3 is 2.80 bits per heavy atom. The lowest BCUT2D eigenvalue weighted by atomic mass is 10.1.